The van der Waals surface area contributed by atoms with E-state index in [-0.39, 0.29) is 12.2 Å². The highest BCUT2D eigenvalue weighted by Crippen LogP contribution is 2.21. The van der Waals surface area contributed by atoms with E-state index in [4.69, 9.17) is 10.8 Å². The second kappa shape index (κ2) is 6.60. The van der Waals surface area contributed by atoms with Crippen LogP contribution in [0.4, 0.5) is 13.2 Å². The zero-order valence-electron chi connectivity index (χ0n) is 10.9. The number of halogens is 3. The van der Waals surface area contributed by atoms with Gasteiger partial charge in [0.15, 0.2) is 0 Å². The molecule has 0 bridgehead atoms. The maximum Gasteiger partial charge on any atom is 0.391 e. The summed E-state index contributed by atoms with van der Waals surface area (Å²) in [6.07, 6.45) is -5.23. The number of aromatic hydroxyl groups is 1. The molecule has 0 aromatic heterocycles. The molecule has 0 aliphatic heterocycles. The predicted molar refractivity (Wildman–Crippen MR) is 68.1 cm³/mol. The van der Waals surface area contributed by atoms with Gasteiger partial charge in [0, 0.05) is 6.04 Å². The summed E-state index contributed by atoms with van der Waals surface area (Å²) in [5, 5.41) is 11.3. The molecule has 0 heterocycles. The highest BCUT2D eigenvalue weighted by Gasteiger charge is 2.31. The van der Waals surface area contributed by atoms with Gasteiger partial charge in [-0.25, -0.2) is 0 Å². The highest BCUT2D eigenvalue weighted by atomic mass is 19.4. The Morgan fingerprint density at radius 1 is 1.35 bits per heavy atom. The molecule has 20 heavy (non-hydrogen) atoms. The molecule has 1 aromatic carbocycles. The maximum atomic E-state index is 12.1. The lowest BCUT2D eigenvalue weighted by Crippen LogP contribution is -2.46. The number of nitrogens with one attached hydrogen (secondary N) is 1. The van der Waals surface area contributed by atoms with Crippen LogP contribution in [0.5, 0.6) is 5.75 Å². The first-order chi connectivity index (χ1) is 9.17. The number of benzene rings is 1. The van der Waals surface area contributed by atoms with Crippen LogP contribution in [-0.2, 0) is 11.2 Å². The summed E-state index contributed by atoms with van der Waals surface area (Å²) < 4.78 is 36.4. The van der Waals surface area contributed by atoms with Crippen LogP contribution >= 0.6 is 0 Å². The van der Waals surface area contributed by atoms with Crippen LogP contribution in [0, 0.1) is 0 Å². The third-order valence-corrected chi connectivity index (χ3v) is 2.66. The number of phenols is 1. The van der Waals surface area contributed by atoms with Crippen LogP contribution in [0.2, 0.25) is 0 Å². The summed E-state index contributed by atoms with van der Waals surface area (Å²) in [6.45, 7) is 1.28. The molecule has 0 saturated heterocycles. The fraction of sp³-hybridized carbons (Fsp3) is 0.462. The Balaban J connectivity index is 2.48. The lowest BCUT2D eigenvalue weighted by atomic mass is 10.1. The van der Waals surface area contributed by atoms with Gasteiger partial charge in [0.1, 0.15) is 5.75 Å². The molecule has 1 aromatic rings. The molecule has 0 aliphatic rings. The SMILES string of the molecule is CC(CC(F)(F)F)NC(=O)[C@H](N)Cc1ccc(O)cc1. The van der Waals surface area contributed by atoms with E-state index in [1.54, 1.807) is 12.1 Å². The zero-order valence-corrected chi connectivity index (χ0v) is 10.9. The number of carbonyl (C=O) groups is 1. The Hall–Kier alpha value is -1.76. The van der Waals surface area contributed by atoms with Crippen molar-refractivity contribution in [3.63, 3.8) is 0 Å². The number of hydrogen-bond donors (Lipinski definition) is 3. The predicted octanol–water partition coefficient (Wildman–Crippen LogP) is 1.72. The molecule has 4 nitrogen and oxygen atoms in total. The summed E-state index contributed by atoms with van der Waals surface area (Å²) in [5.74, 6) is -0.541. The molecule has 0 fully saturated rings. The van der Waals surface area contributed by atoms with E-state index in [2.05, 4.69) is 5.32 Å². The van der Waals surface area contributed by atoms with Gasteiger partial charge in [-0.2, -0.15) is 13.2 Å². The van der Waals surface area contributed by atoms with E-state index in [1.807, 2.05) is 0 Å². The first-order valence-electron chi connectivity index (χ1n) is 6.08. The van der Waals surface area contributed by atoms with Crippen LogP contribution in [0.25, 0.3) is 0 Å². The van der Waals surface area contributed by atoms with Crippen molar-refractivity contribution in [3.05, 3.63) is 29.8 Å². The third kappa shape index (κ3) is 5.92. The molecule has 1 unspecified atom stereocenters. The van der Waals surface area contributed by atoms with E-state index in [0.29, 0.717) is 5.56 Å². The first kappa shape index (κ1) is 16.3. The van der Waals surface area contributed by atoms with Crippen molar-refractivity contribution in [3.8, 4) is 5.75 Å². The molecular weight excluding hydrogens is 273 g/mol. The monoisotopic (exact) mass is 290 g/mol. The van der Waals surface area contributed by atoms with Crippen LogP contribution < -0.4 is 11.1 Å². The van der Waals surface area contributed by atoms with Gasteiger partial charge >= 0.3 is 6.18 Å². The Labute approximate surface area is 114 Å². The van der Waals surface area contributed by atoms with Crippen LogP contribution in [0.15, 0.2) is 24.3 Å². The fourth-order valence-corrected chi connectivity index (χ4v) is 1.73. The molecule has 0 spiro atoms. The lowest BCUT2D eigenvalue weighted by Gasteiger charge is -2.18. The van der Waals surface area contributed by atoms with Crippen molar-refractivity contribution in [2.45, 2.75) is 38.0 Å². The number of phenolic OH excluding ortho intramolecular Hbond substituents is 1. The van der Waals surface area contributed by atoms with Crippen molar-refractivity contribution in [2.24, 2.45) is 5.73 Å². The molecule has 7 heteroatoms. The largest absolute Gasteiger partial charge is 0.508 e. The van der Waals surface area contributed by atoms with E-state index in [0.717, 1.165) is 0 Å². The summed E-state index contributed by atoms with van der Waals surface area (Å²) in [6, 6.07) is 4.14. The summed E-state index contributed by atoms with van der Waals surface area (Å²) >= 11 is 0. The van der Waals surface area contributed by atoms with Crippen molar-refractivity contribution in [1.29, 1.82) is 0 Å². The topological polar surface area (TPSA) is 75.4 Å². The van der Waals surface area contributed by atoms with E-state index < -0.39 is 30.6 Å². The van der Waals surface area contributed by atoms with Gasteiger partial charge in [-0.1, -0.05) is 12.1 Å². The summed E-state index contributed by atoms with van der Waals surface area (Å²) in [4.78, 5) is 11.7. The minimum Gasteiger partial charge on any atom is -0.508 e. The van der Waals surface area contributed by atoms with Gasteiger partial charge in [-0.15, -0.1) is 0 Å². The van der Waals surface area contributed by atoms with E-state index in [9.17, 15) is 18.0 Å². The number of amides is 1. The van der Waals surface area contributed by atoms with Crippen LogP contribution in [0.1, 0.15) is 18.9 Å². The lowest BCUT2D eigenvalue weighted by molar-refractivity contribution is -0.141. The minimum atomic E-state index is -4.33. The molecule has 4 N–H and O–H groups in total. The second-order valence-electron chi connectivity index (χ2n) is 4.71. The molecular formula is C13H17F3N2O2. The normalized spacial score (nSPS) is 14.7. The quantitative estimate of drug-likeness (QED) is 0.773. The van der Waals surface area contributed by atoms with Gasteiger partial charge in [0.05, 0.1) is 12.5 Å². The van der Waals surface area contributed by atoms with Crippen molar-refractivity contribution in [2.75, 3.05) is 0 Å². The Morgan fingerprint density at radius 3 is 2.40 bits per heavy atom. The van der Waals surface area contributed by atoms with Crippen molar-refractivity contribution >= 4 is 5.91 Å². The molecule has 1 amide bonds. The molecule has 112 valence electrons. The molecule has 1 rings (SSSR count). The second-order valence-corrected chi connectivity index (χ2v) is 4.71. The average molecular weight is 290 g/mol. The third-order valence-electron chi connectivity index (χ3n) is 2.66. The Kier molecular flexibility index (Phi) is 5.38. The summed E-state index contributed by atoms with van der Waals surface area (Å²) in [5.41, 5.74) is 6.36. The van der Waals surface area contributed by atoms with Gasteiger partial charge < -0.3 is 16.2 Å². The number of nitrogens with two attached hydrogens (primary N) is 1. The Bertz CT molecular complexity index is 446. The van der Waals surface area contributed by atoms with Gasteiger partial charge in [0.25, 0.3) is 0 Å². The fourth-order valence-electron chi connectivity index (χ4n) is 1.73. The number of alkyl halides is 3. The van der Waals surface area contributed by atoms with Crippen molar-refractivity contribution in [1.82, 2.24) is 5.32 Å². The molecule has 2 atom stereocenters. The number of rotatable bonds is 5. The van der Waals surface area contributed by atoms with Gasteiger partial charge in [-0.3, -0.25) is 4.79 Å². The van der Waals surface area contributed by atoms with Crippen molar-refractivity contribution < 1.29 is 23.1 Å². The average Bonchev–Trinajstić information content (AvgIpc) is 2.29. The smallest absolute Gasteiger partial charge is 0.391 e. The molecule has 0 radical (unpaired) electrons. The minimum absolute atomic E-state index is 0.0885. The summed E-state index contributed by atoms with van der Waals surface area (Å²) in [7, 11) is 0. The Morgan fingerprint density at radius 2 is 1.90 bits per heavy atom. The maximum absolute atomic E-state index is 12.1. The number of hydrogen-bond acceptors (Lipinski definition) is 3. The van der Waals surface area contributed by atoms with Gasteiger partial charge in [0.2, 0.25) is 5.91 Å². The molecule has 0 saturated carbocycles. The highest BCUT2D eigenvalue weighted by molar-refractivity contribution is 5.82. The molecule has 0 aliphatic carbocycles. The first-order valence-corrected chi connectivity index (χ1v) is 6.08. The zero-order chi connectivity index (χ0) is 15.3. The van der Waals surface area contributed by atoms with Crippen LogP contribution in [-0.4, -0.2) is 29.3 Å². The number of carbonyl (C=O) groups excluding carboxylic acids is 1. The standard InChI is InChI=1S/C13H17F3N2O2/c1-8(7-13(14,15)16)18-12(20)11(17)6-9-2-4-10(19)5-3-9/h2-5,8,11,19H,6-7,17H2,1H3,(H,18,20)/t8?,11-/m1/s1. The van der Waals surface area contributed by atoms with E-state index >= 15 is 0 Å². The van der Waals surface area contributed by atoms with Gasteiger partial charge in [-0.05, 0) is 31.0 Å². The van der Waals surface area contributed by atoms with E-state index in [1.165, 1.54) is 19.1 Å². The van der Waals surface area contributed by atoms with Crippen LogP contribution in [0.3, 0.4) is 0 Å².